The third-order valence-corrected chi connectivity index (χ3v) is 5.26. The van der Waals surface area contributed by atoms with E-state index < -0.39 is 37.2 Å². The zero-order valence-corrected chi connectivity index (χ0v) is 13.2. The zero-order chi connectivity index (χ0) is 17.5. The molecule has 3 rings (SSSR count). The molecule has 0 amide bonds. The summed E-state index contributed by atoms with van der Waals surface area (Å²) in [6, 6.07) is 9.71. The second-order valence-electron chi connectivity index (χ2n) is 4.93. The molecule has 0 bridgehead atoms. The Morgan fingerprint density at radius 1 is 1.08 bits per heavy atom. The first-order chi connectivity index (χ1) is 11.4. The van der Waals surface area contributed by atoms with Gasteiger partial charge in [0, 0.05) is 18.0 Å². The fourth-order valence-electron chi connectivity index (χ4n) is 2.36. The number of hydrogen-bond donors (Lipinski definition) is 0. The highest BCUT2D eigenvalue weighted by Gasteiger charge is 2.37. The average molecular weight is 351 g/mol. The van der Waals surface area contributed by atoms with Crippen LogP contribution in [-0.4, -0.2) is 21.5 Å². The summed E-state index contributed by atoms with van der Waals surface area (Å²) < 4.78 is 56.9. The van der Waals surface area contributed by atoms with Crippen LogP contribution in [0.25, 0.3) is 0 Å². The fourth-order valence-corrected chi connectivity index (χ4v) is 3.84. The summed E-state index contributed by atoms with van der Waals surface area (Å²) >= 11 is 0. The van der Waals surface area contributed by atoms with Crippen LogP contribution >= 0.6 is 0 Å². The molecule has 0 saturated heterocycles. The minimum atomic E-state index is -4.34. The quantitative estimate of drug-likeness (QED) is 0.615. The normalized spacial score (nSPS) is 15.5. The van der Waals surface area contributed by atoms with Crippen molar-refractivity contribution in [1.82, 2.24) is 0 Å². The number of ether oxygens (including phenoxy) is 1. The first kappa shape index (κ1) is 16.1. The lowest BCUT2D eigenvalue weighted by molar-refractivity contribution is -0.135. The van der Waals surface area contributed by atoms with E-state index in [4.69, 9.17) is 0 Å². The van der Waals surface area contributed by atoms with Gasteiger partial charge in [0.1, 0.15) is 0 Å². The van der Waals surface area contributed by atoms with Gasteiger partial charge in [-0.25, -0.2) is 22.0 Å². The maximum Gasteiger partial charge on any atom is 0.351 e. The summed E-state index contributed by atoms with van der Waals surface area (Å²) in [5, 5.41) is 0. The largest absolute Gasteiger partial charge is 0.465 e. The van der Waals surface area contributed by atoms with Gasteiger partial charge in [-0.2, -0.15) is 0 Å². The Labute approximate surface area is 136 Å². The highest BCUT2D eigenvalue weighted by molar-refractivity contribution is 7.96. The average Bonchev–Trinajstić information content (AvgIpc) is 2.57. The molecule has 0 aromatic heterocycles. The Kier molecular flexibility index (Phi) is 3.84. The molecule has 2 aromatic carbocycles. The monoisotopic (exact) mass is 351 g/mol. The van der Waals surface area contributed by atoms with Crippen LogP contribution in [0.4, 0.5) is 20.2 Å². The van der Waals surface area contributed by atoms with Crippen LogP contribution in [0.15, 0.2) is 58.5 Å². The van der Waals surface area contributed by atoms with Gasteiger partial charge in [-0.05, 0) is 18.2 Å². The van der Waals surface area contributed by atoms with E-state index in [-0.39, 0.29) is 5.69 Å². The van der Waals surface area contributed by atoms with E-state index in [1.54, 1.807) is 30.3 Å². The molecule has 0 aliphatic carbocycles. The number of halogens is 2. The predicted octanol–water partition coefficient (Wildman–Crippen LogP) is 2.90. The van der Waals surface area contributed by atoms with Crippen LogP contribution in [0, 0.1) is 11.6 Å². The first-order valence-electron chi connectivity index (χ1n) is 6.75. The van der Waals surface area contributed by atoms with Crippen molar-refractivity contribution in [3.63, 3.8) is 0 Å². The summed E-state index contributed by atoms with van der Waals surface area (Å²) in [5.74, 6) is -3.61. The lowest BCUT2D eigenvalue weighted by Crippen LogP contribution is -2.26. The number of para-hydroxylation sites is 1. The van der Waals surface area contributed by atoms with E-state index >= 15 is 0 Å². The predicted molar refractivity (Wildman–Crippen MR) is 82.2 cm³/mol. The first-order valence-corrected chi connectivity index (χ1v) is 8.23. The van der Waals surface area contributed by atoms with Crippen molar-refractivity contribution in [2.75, 3.05) is 12.0 Å². The lowest BCUT2D eigenvalue weighted by atomic mass is 10.2. The topological polar surface area (TPSA) is 63.7 Å². The van der Waals surface area contributed by atoms with Crippen molar-refractivity contribution < 1.29 is 26.7 Å². The Morgan fingerprint density at radius 2 is 1.71 bits per heavy atom. The molecule has 1 aliphatic heterocycles. The van der Waals surface area contributed by atoms with Gasteiger partial charge in [0.05, 0.1) is 17.7 Å². The molecule has 8 heteroatoms. The van der Waals surface area contributed by atoms with E-state index in [9.17, 15) is 22.0 Å². The summed E-state index contributed by atoms with van der Waals surface area (Å²) in [7, 11) is -3.30. The van der Waals surface area contributed by atoms with Crippen LogP contribution in [0.2, 0.25) is 0 Å². The molecule has 0 N–H and O–H groups in total. The standard InChI is InChI=1S/C16H11F2NO4S/c1-23-16(20)15-9-19(10-5-3-2-4-6-10)13-7-11(17)12(18)8-14(13)24(15,21)22/h2-9H,1H3. The van der Waals surface area contributed by atoms with E-state index in [1.165, 1.54) is 4.90 Å². The van der Waals surface area contributed by atoms with Crippen LogP contribution in [-0.2, 0) is 19.4 Å². The van der Waals surface area contributed by atoms with Crippen molar-refractivity contribution >= 4 is 27.2 Å². The molecule has 1 aliphatic rings. The van der Waals surface area contributed by atoms with Crippen LogP contribution < -0.4 is 4.90 Å². The number of anilines is 2. The Morgan fingerprint density at radius 3 is 2.33 bits per heavy atom. The van der Waals surface area contributed by atoms with Gasteiger partial charge in [0.25, 0.3) is 0 Å². The number of rotatable bonds is 2. The number of hydrogen-bond acceptors (Lipinski definition) is 5. The van der Waals surface area contributed by atoms with Gasteiger partial charge in [-0.15, -0.1) is 0 Å². The molecule has 2 aromatic rings. The van der Waals surface area contributed by atoms with Gasteiger partial charge in [-0.3, -0.25) is 0 Å². The molecular weight excluding hydrogens is 340 g/mol. The van der Waals surface area contributed by atoms with E-state index in [0.29, 0.717) is 11.8 Å². The molecule has 24 heavy (non-hydrogen) atoms. The molecule has 0 unspecified atom stereocenters. The highest BCUT2D eigenvalue weighted by Crippen LogP contribution is 2.40. The van der Waals surface area contributed by atoms with Gasteiger partial charge in [0.2, 0.25) is 9.84 Å². The third kappa shape index (κ3) is 2.44. The Bertz CT molecular complexity index is 956. The third-order valence-electron chi connectivity index (χ3n) is 3.51. The number of carbonyl (C=O) groups excluding carboxylic acids is 1. The smallest absolute Gasteiger partial charge is 0.351 e. The van der Waals surface area contributed by atoms with Crippen molar-refractivity contribution in [3.8, 4) is 0 Å². The number of esters is 1. The second kappa shape index (κ2) is 5.72. The van der Waals surface area contributed by atoms with Gasteiger partial charge < -0.3 is 9.64 Å². The molecule has 0 atom stereocenters. The Balaban J connectivity index is 2.33. The molecule has 0 spiro atoms. The van der Waals surface area contributed by atoms with E-state index in [2.05, 4.69) is 4.74 Å². The summed E-state index contributed by atoms with van der Waals surface area (Å²) in [6.07, 6.45) is 1.04. The number of methoxy groups -OCH3 is 1. The lowest BCUT2D eigenvalue weighted by Gasteiger charge is -2.28. The number of fused-ring (bicyclic) bond motifs is 1. The molecule has 0 fully saturated rings. The van der Waals surface area contributed by atoms with Crippen molar-refractivity contribution in [3.05, 3.63) is 65.2 Å². The maximum atomic E-state index is 13.7. The van der Waals surface area contributed by atoms with Gasteiger partial charge in [-0.1, -0.05) is 18.2 Å². The van der Waals surface area contributed by atoms with Crippen molar-refractivity contribution in [2.24, 2.45) is 0 Å². The van der Waals surface area contributed by atoms with E-state index in [1.807, 2.05) is 0 Å². The molecule has 0 radical (unpaired) electrons. The Hall–Kier alpha value is -2.74. The SMILES string of the molecule is COC(=O)C1=CN(c2ccccc2)c2cc(F)c(F)cc2S1(=O)=O. The number of sulfone groups is 1. The maximum absolute atomic E-state index is 13.7. The van der Waals surface area contributed by atoms with Crippen LogP contribution in [0.1, 0.15) is 0 Å². The second-order valence-corrected chi connectivity index (χ2v) is 6.81. The summed E-state index contributed by atoms with van der Waals surface area (Å²) in [6.45, 7) is 0. The molecule has 124 valence electrons. The van der Waals surface area contributed by atoms with Crippen molar-refractivity contribution in [2.45, 2.75) is 4.90 Å². The molecule has 0 saturated carbocycles. The fraction of sp³-hybridized carbons (Fsp3) is 0.0625. The molecular formula is C16H11F2NO4S. The highest BCUT2D eigenvalue weighted by atomic mass is 32.2. The number of benzene rings is 2. The summed E-state index contributed by atoms with van der Waals surface area (Å²) in [5.41, 5.74) is 0.383. The van der Waals surface area contributed by atoms with Crippen molar-refractivity contribution in [1.29, 1.82) is 0 Å². The minimum Gasteiger partial charge on any atom is -0.465 e. The van der Waals surface area contributed by atoms with Crippen LogP contribution in [0.5, 0.6) is 0 Å². The van der Waals surface area contributed by atoms with Gasteiger partial charge in [0.15, 0.2) is 16.5 Å². The minimum absolute atomic E-state index is 0.0900. The summed E-state index contributed by atoms with van der Waals surface area (Å²) in [4.78, 5) is 12.0. The number of nitrogens with zero attached hydrogens (tertiary/aromatic N) is 1. The van der Waals surface area contributed by atoms with Gasteiger partial charge >= 0.3 is 5.97 Å². The number of carbonyl (C=O) groups is 1. The van der Waals surface area contributed by atoms with E-state index in [0.717, 1.165) is 19.4 Å². The molecule has 1 heterocycles. The molecule has 5 nitrogen and oxygen atoms in total. The zero-order valence-electron chi connectivity index (χ0n) is 12.4. The van der Waals surface area contributed by atoms with Crippen LogP contribution in [0.3, 0.4) is 0 Å².